The summed E-state index contributed by atoms with van der Waals surface area (Å²) in [6, 6.07) is 9.00. The first-order chi connectivity index (χ1) is 9.54. The number of amides is 1. The molecule has 0 fully saturated rings. The van der Waals surface area contributed by atoms with Gasteiger partial charge in [0.05, 0.1) is 22.9 Å². The van der Waals surface area contributed by atoms with E-state index in [1.165, 1.54) is 0 Å². The molecule has 1 unspecified atom stereocenters. The maximum absolute atomic E-state index is 12.6. The Bertz CT molecular complexity index is 598. The van der Waals surface area contributed by atoms with Gasteiger partial charge in [0.15, 0.2) is 0 Å². The Kier molecular flexibility index (Phi) is 4.78. The number of carbonyl (C=O) groups is 1. The molecule has 20 heavy (non-hydrogen) atoms. The third-order valence-corrected chi connectivity index (χ3v) is 4.32. The molecule has 1 atom stereocenters. The van der Waals surface area contributed by atoms with E-state index in [-0.39, 0.29) is 11.9 Å². The predicted molar refractivity (Wildman–Crippen MR) is 82.4 cm³/mol. The van der Waals surface area contributed by atoms with Crippen LogP contribution < -0.4 is 0 Å². The molecule has 0 aliphatic carbocycles. The fraction of sp³-hybridized carbons (Fsp3) is 0.267. The number of nitrogens with zero attached hydrogens (tertiary/aromatic N) is 1. The molecule has 0 saturated carbocycles. The second kappa shape index (κ2) is 6.37. The van der Waals surface area contributed by atoms with Gasteiger partial charge >= 0.3 is 0 Å². The molecule has 3 nitrogen and oxygen atoms in total. The molecule has 0 N–H and O–H groups in total. The summed E-state index contributed by atoms with van der Waals surface area (Å²) in [7, 11) is 1.75. The van der Waals surface area contributed by atoms with Crippen molar-refractivity contribution in [3.63, 3.8) is 0 Å². The molecule has 5 heteroatoms. The number of hydrogen-bond acceptors (Lipinski definition) is 3. The average molecular weight is 310 g/mol. The van der Waals surface area contributed by atoms with Crippen LogP contribution in [-0.2, 0) is 0 Å². The van der Waals surface area contributed by atoms with Crippen molar-refractivity contribution >= 4 is 29.3 Å². The molecule has 1 aromatic heterocycles. The first-order valence-corrected chi connectivity index (χ1v) is 7.79. The van der Waals surface area contributed by atoms with Gasteiger partial charge in [-0.15, -0.1) is 11.8 Å². The Morgan fingerprint density at radius 1 is 1.40 bits per heavy atom. The van der Waals surface area contributed by atoms with Gasteiger partial charge < -0.3 is 9.32 Å². The zero-order valence-electron chi connectivity index (χ0n) is 11.6. The summed E-state index contributed by atoms with van der Waals surface area (Å²) < 4.78 is 5.35. The van der Waals surface area contributed by atoms with Gasteiger partial charge in [-0.1, -0.05) is 11.6 Å². The molecule has 1 amide bonds. The Hall–Kier alpha value is -1.39. The van der Waals surface area contributed by atoms with Crippen LogP contribution in [0.2, 0.25) is 5.02 Å². The van der Waals surface area contributed by atoms with Crippen molar-refractivity contribution in [3.05, 3.63) is 52.9 Å². The molecule has 0 radical (unpaired) electrons. The van der Waals surface area contributed by atoms with Gasteiger partial charge in [0, 0.05) is 11.9 Å². The van der Waals surface area contributed by atoms with Crippen LogP contribution >= 0.6 is 23.4 Å². The average Bonchev–Trinajstić information content (AvgIpc) is 2.99. The SMILES string of the molecule is CSc1ccc(Cl)c(C(=O)N(C)C(C)c2ccco2)c1. The van der Waals surface area contributed by atoms with Crippen molar-refractivity contribution in [3.8, 4) is 0 Å². The highest BCUT2D eigenvalue weighted by Gasteiger charge is 2.22. The number of halogens is 1. The molecule has 106 valence electrons. The first kappa shape index (κ1) is 15.0. The summed E-state index contributed by atoms with van der Waals surface area (Å²) in [5, 5.41) is 0.464. The summed E-state index contributed by atoms with van der Waals surface area (Å²) in [5.41, 5.74) is 0.513. The molecule has 0 bridgehead atoms. The first-order valence-electron chi connectivity index (χ1n) is 6.18. The van der Waals surface area contributed by atoms with Crippen LogP contribution in [0, 0.1) is 0 Å². The fourth-order valence-corrected chi connectivity index (χ4v) is 2.52. The van der Waals surface area contributed by atoms with Crippen LogP contribution in [-0.4, -0.2) is 24.1 Å². The van der Waals surface area contributed by atoms with E-state index in [4.69, 9.17) is 16.0 Å². The Morgan fingerprint density at radius 2 is 2.15 bits per heavy atom. The second-order valence-electron chi connectivity index (χ2n) is 4.45. The highest BCUT2D eigenvalue weighted by molar-refractivity contribution is 7.98. The van der Waals surface area contributed by atoms with Crippen LogP contribution in [0.3, 0.4) is 0 Å². The van der Waals surface area contributed by atoms with Gasteiger partial charge in [-0.2, -0.15) is 0 Å². The third-order valence-electron chi connectivity index (χ3n) is 3.26. The Morgan fingerprint density at radius 3 is 2.75 bits per heavy atom. The van der Waals surface area contributed by atoms with Gasteiger partial charge in [0.25, 0.3) is 5.91 Å². The topological polar surface area (TPSA) is 33.5 Å². The van der Waals surface area contributed by atoms with Crippen molar-refractivity contribution in [1.82, 2.24) is 4.90 Å². The van der Waals surface area contributed by atoms with Gasteiger partial charge in [-0.25, -0.2) is 0 Å². The normalized spacial score (nSPS) is 12.2. The quantitative estimate of drug-likeness (QED) is 0.780. The number of rotatable bonds is 4. The smallest absolute Gasteiger partial charge is 0.255 e. The minimum Gasteiger partial charge on any atom is -0.467 e. The lowest BCUT2D eigenvalue weighted by Crippen LogP contribution is -2.29. The zero-order valence-corrected chi connectivity index (χ0v) is 13.2. The summed E-state index contributed by atoms with van der Waals surface area (Å²) >= 11 is 7.72. The maximum Gasteiger partial charge on any atom is 0.255 e. The molecule has 1 aromatic carbocycles. The Labute approximate surface area is 127 Å². The fourth-order valence-electron chi connectivity index (χ4n) is 1.88. The molecular formula is C15H16ClNO2S. The minimum atomic E-state index is -0.147. The van der Waals surface area contributed by atoms with Gasteiger partial charge in [0.2, 0.25) is 0 Å². The van der Waals surface area contributed by atoms with Crippen molar-refractivity contribution in [2.75, 3.05) is 13.3 Å². The Balaban J connectivity index is 2.26. The van der Waals surface area contributed by atoms with Gasteiger partial charge in [-0.05, 0) is 43.5 Å². The lowest BCUT2D eigenvalue weighted by atomic mass is 10.1. The summed E-state index contributed by atoms with van der Waals surface area (Å²) in [6.45, 7) is 1.92. The molecular weight excluding hydrogens is 294 g/mol. The highest BCUT2D eigenvalue weighted by atomic mass is 35.5. The van der Waals surface area contributed by atoms with Crippen molar-refractivity contribution in [2.24, 2.45) is 0 Å². The van der Waals surface area contributed by atoms with E-state index in [9.17, 15) is 4.79 Å². The van der Waals surface area contributed by atoms with Crippen LogP contribution in [0.25, 0.3) is 0 Å². The third kappa shape index (κ3) is 3.02. The van der Waals surface area contributed by atoms with E-state index in [0.717, 1.165) is 10.7 Å². The van der Waals surface area contributed by atoms with E-state index in [1.54, 1.807) is 36.0 Å². The van der Waals surface area contributed by atoms with E-state index < -0.39 is 0 Å². The van der Waals surface area contributed by atoms with Crippen molar-refractivity contribution < 1.29 is 9.21 Å². The summed E-state index contributed by atoms with van der Waals surface area (Å²) in [5.74, 6) is 0.632. The van der Waals surface area contributed by atoms with E-state index in [0.29, 0.717) is 10.6 Å². The molecule has 0 aliphatic heterocycles. The molecule has 0 spiro atoms. The lowest BCUT2D eigenvalue weighted by molar-refractivity contribution is 0.0726. The van der Waals surface area contributed by atoms with Crippen LogP contribution in [0.15, 0.2) is 45.9 Å². The van der Waals surface area contributed by atoms with Crippen molar-refractivity contribution in [2.45, 2.75) is 17.9 Å². The molecule has 0 saturated heterocycles. The van der Waals surface area contributed by atoms with Crippen LogP contribution in [0.5, 0.6) is 0 Å². The predicted octanol–water partition coefficient (Wildman–Crippen LogP) is 4.49. The standard InChI is InChI=1S/C15H16ClNO2S/c1-10(14-5-4-8-19-14)17(2)15(18)12-9-11(20-3)6-7-13(12)16/h4-10H,1-3H3. The summed E-state index contributed by atoms with van der Waals surface area (Å²) in [6.07, 6.45) is 3.57. The summed E-state index contributed by atoms with van der Waals surface area (Å²) in [4.78, 5) is 15.2. The van der Waals surface area contributed by atoms with Crippen LogP contribution in [0.1, 0.15) is 29.1 Å². The molecule has 1 heterocycles. The van der Waals surface area contributed by atoms with E-state index >= 15 is 0 Å². The zero-order chi connectivity index (χ0) is 14.7. The van der Waals surface area contributed by atoms with Crippen LogP contribution in [0.4, 0.5) is 0 Å². The van der Waals surface area contributed by atoms with E-state index in [1.807, 2.05) is 37.4 Å². The largest absolute Gasteiger partial charge is 0.467 e. The lowest BCUT2D eigenvalue weighted by Gasteiger charge is -2.24. The molecule has 0 aliphatic rings. The number of thioether (sulfide) groups is 1. The molecule has 2 aromatic rings. The highest BCUT2D eigenvalue weighted by Crippen LogP contribution is 2.27. The number of hydrogen-bond donors (Lipinski definition) is 0. The second-order valence-corrected chi connectivity index (χ2v) is 5.74. The van der Waals surface area contributed by atoms with Crippen molar-refractivity contribution in [1.29, 1.82) is 0 Å². The number of benzene rings is 1. The van der Waals surface area contributed by atoms with Gasteiger partial charge in [0.1, 0.15) is 5.76 Å². The van der Waals surface area contributed by atoms with Gasteiger partial charge in [-0.3, -0.25) is 4.79 Å². The molecule has 2 rings (SSSR count). The monoisotopic (exact) mass is 309 g/mol. The number of furan rings is 1. The van der Waals surface area contributed by atoms with E-state index in [2.05, 4.69) is 0 Å². The maximum atomic E-state index is 12.6. The number of carbonyl (C=O) groups excluding carboxylic acids is 1. The minimum absolute atomic E-state index is 0.116.